The average molecular weight is 195 g/mol. The molecule has 0 bridgehead atoms. The summed E-state index contributed by atoms with van der Waals surface area (Å²) in [5, 5.41) is 0. The van der Waals surface area contributed by atoms with Gasteiger partial charge in [-0.2, -0.15) is 13.2 Å². The maximum atomic E-state index is 12.4. The van der Waals surface area contributed by atoms with E-state index in [9.17, 15) is 13.2 Å². The van der Waals surface area contributed by atoms with Crippen molar-refractivity contribution in [3.63, 3.8) is 0 Å². The second kappa shape index (κ2) is 3.86. The summed E-state index contributed by atoms with van der Waals surface area (Å²) in [4.78, 5) is 1.88. The van der Waals surface area contributed by atoms with Crippen LogP contribution in [0.25, 0.3) is 0 Å². The Hall–Kier alpha value is -0.250. The number of likely N-dealkylation sites (tertiary alicyclic amines) is 1. The summed E-state index contributed by atoms with van der Waals surface area (Å²) in [6, 6.07) is 0. The highest BCUT2D eigenvalue weighted by Gasteiger charge is 2.43. The topological polar surface area (TPSA) is 3.24 Å². The molecule has 2 atom stereocenters. The summed E-state index contributed by atoms with van der Waals surface area (Å²) in [7, 11) is 0. The van der Waals surface area contributed by atoms with Crippen LogP contribution in [0.2, 0.25) is 0 Å². The minimum absolute atomic E-state index is 0.167. The third kappa shape index (κ3) is 2.86. The van der Waals surface area contributed by atoms with Gasteiger partial charge >= 0.3 is 6.18 Å². The molecule has 78 valence electrons. The van der Waals surface area contributed by atoms with Crippen molar-refractivity contribution in [2.24, 2.45) is 11.8 Å². The number of hydrogen-bond donors (Lipinski definition) is 0. The summed E-state index contributed by atoms with van der Waals surface area (Å²) >= 11 is 0. The average Bonchev–Trinajstić information content (AvgIpc) is 2.01. The molecule has 2 unspecified atom stereocenters. The van der Waals surface area contributed by atoms with Crippen LogP contribution in [0, 0.1) is 11.8 Å². The van der Waals surface area contributed by atoms with Gasteiger partial charge in [0, 0.05) is 13.1 Å². The van der Waals surface area contributed by atoms with E-state index in [-0.39, 0.29) is 12.5 Å². The van der Waals surface area contributed by atoms with Crippen molar-refractivity contribution in [1.29, 1.82) is 0 Å². The zero-order valence-corrected chi connectivity index (χ0v) is 8.06. The Kier molecular flexibility index (Phi) is 3.22. The second-order valence-electron chi connectivity index (χ2n) is 3.93. The van der Waals surface area contributed by atoms with Gasteiger partial charge in [0.25, 0.3) is 0 Å². The van der Waals surface area contributed by atoms with E-state index < -0.39 is 12.1 Å². The quantitative estimate of drug-likeness (QED) is 0.621. The molecule has 1 nitrogen and oxygen atoms in total. The molecular formula is C9H16F3N. The van der Waals surface area contributed by atoms with E-state index in [1.165, 1.54) is 0 Å². The first-order chi connectivity index (χ1) is 5.93. The van der Waals surface area contributed by atoms with Crippen molar-refractivity contribution in [2.75, 3.05) is 19.6 Å². The number of rotatable bonds is 1. The summed E-state index contributed by atoms with van der Waals surface area (Å²) < 4.78 is 37.2. The van der Waals surface area contributed by atoms with Crippen LogP contribution in [0.15, 0.2) is 0 Å². The van der Waals surface area contributed by atoms with Crippen LogP contribution in [-0.2, 0) is 0 Å². The number of piperidine rings is 1. The first-order valence-corrected chi connectivity index (χ1v) is 4.72. The van der Waals surface area contributed by atoms with E-state index in [2.05, 4.69) is 0 Å². The van der Waals surface area contributed by atoms with Crippen LogP contribution in [0.1, 0.15) is 20.3 Å². The Morgan fingerprint density at radius 1 is 1.31 bits per heavy atom. The zero-order chi connectivity index (χ0) is 10.1. The van der Waals surface area contributed by atoms with Gasteiger partial charge in [0.15, 0.2) is 0 Å². The number of alkyl halides is 3. The lowest BCUT2D eigenvalue weighted by atomic mass is 9.90. The third-order valence-electron chi connectivity index (χ3n) is 2.65. The summed E-state index contributed by atoms with van der Waals surface area (Å²) in [6.07, 6.45) is -3.72. The zero-order valence-electron chi connectivity index (χ0n) is 8.06. The van der Waals surface area contributed by atoms with Crippen molar-refractivity contribution in [1.82, 2.24) is 4.90 Å². The Bertz CT molecular complexity index is 167. The lowest BCUT2D eigenvalue weighted by Gasteiger charge is -2.36. The number of hydrogen-bond acceptors (Lipinski definition) is 1. The fraction of sp³-hybridized carbons (Fsp3) is 1.00. The minimum atomic E-state index is -4.01. The largest absolute Gasteiger partial charge is 0.393 e. The smallest absolute Gasteiger partial charge is 0.303 e. The van der Waals surface area contributed by atoms with Gasteiger partial charge in [-0.1, -0.05) is 13.8 Å². The molecule has 4 heteroatoms. The molecule has 0 N–H and O–H groups in total. The Labute approximate surface area is 76.9 Å². The van der Waals surface area contributed by atoms with Crippen molar-refractivity contribution in [3.05, 3.63) is 0 Å². The minimum Gasteiger partial charge on any atom is -0.303 e. The third-order valence-corrected chi connectivity index (χ3v) is 2.65. The highest BCUT2D eigenvalue weighted by Crippen LogP contribution is 2.34. The molecule has 0 saturated carbocycles. The fourth-order valence-corrected chi connectivity index (χ4v) is 1.96. The second-order valence-corrected chi connectivity index (χ2v) is 3.93. The van der Waals surface area contributed by atoms with Crippen molar-refractivity contribution in [3.8, 4) is 0 Å². The van der Waals surface area contributed by atoms with Gasteiger partial charge in [0.05, 0.1) is 5.92 Å². The van der Waals surface area contributed by atoms with E-state index in [0.717, 1.165) is 13.1 Å². The predicted octanol–water partition coefficient (Wildman–Crippen LogP) is 2.53. The monoisotopic (exact) mass is 195 g/mol. The van der Waals surface area contributed by atoms with Gasteiger partial charge in [0.2, 0.25) is 0 Å². The lowest BCUT2D eigenvalue weighted by molar-refractivity contribution is -0.190. The molecule has 0 radical (unpaired) electrons. The summed E-state index contributed by atoms with van der Waals surface area (Å²) in [5.74, 6) is -0.948. The van der Waals surface area contributed by atoms with E-state index >= 15 is 0 Å². The van der Waals surface area contributed by atoms with Crippen molar-refractivity contribution < 1.29 is 13.2 Å². The molecule has 1 saturated heterocycles. The number of halogens is 3. The molecule has 1 rings (SSSR count). The predicted molar refractivity (Wildman–Crippen MR) is 45.4 cm³/mol. The molecule has 0 aromatic rings. The molecule has 0 aliphatic carbocycles. The molecule has 1 heterocycles. The van der Waals surface area contributed by atoms with Crippen LogP contribution >= 0.6 is 0 Å². The molecule has 13 heavy (non-hydrogen) atoms. The van der Waals surface area contributed by atoms with Gasteiger partial charge in [-0.15, -0.1) is 0 Å². The molecule has 0 aromatic heterocycles. The summed E-state index contributed by atoms with van der Waals surface area (Å²) in [6.45, 7) is 5.51. The highest BCUT2D eigenvalue weighted by molar-refractivity contribution is 4.80. The van der Waals surface area contributed by atoms with Gasteiger partial charge in [-0.05, 0) is 18.9 Å². The van der Waals surface area contributed by atoms with E-state index in [1.54, 1.807) is 0 Å². The Morgan fingerprint density at radius 2 is 1.92 bits per heavy atom. The fourth-order valence-electron chi connectivity index (χ4n) is 1.96. The first kappa shape index (κ1) is 10.8. The molecule has 0 spiro atoms. The standard InChI is InChI=1S/C9H16F3N/c1-3-13-5-7(2)4-8(6-13)9(10,11)12/h7-8H,3-6H2,1-2H3. The van der Waals surface area contributed by atoms with Gasteiger partial charge < -0.3 is 4.90 Å². The maximum Gasteiger partial charge on any atom is 0.393 e. The van der Waals surface area contributed by atoms with Crippen molar-refractivity contribution >= 4 is 0 Å². The van der Waals surface area contributed by atoms with Crippen LogP contribution in [0.4, 0.5) is 13.2 Å². The van der Waals surface area contributed by atoms with E-state index in [1.807, 2.05) is 18.7 Å². The lowest BCUT2D eigenvalue weighted by Crippen LogP contribution is -2.44. The molecule has 1 aliphatic heterocycles. The van der Waals surface area contributed by atoms with Gasteiger partial charge in [-0.3, -0.25) is 0 Å². The van der Waals surface area contributed by atoms with E-state index in [0.29, 0.717) is 6.42 Å². The molecule has 1 fully saturated rings. The molecule has 0 amide bonds. The van der Waals surface area contributed by atoms with Gasteiger partial charge in [-0.25, -0.2) is 0 Å². The first-order valence-electron chi connectivity index (χ1n) is 4.72. The molecule has 0 aromatic carbocycles. The van der Waals surface area contributed by atoms with Crippen LogP contribution in [-0.4, -0.2) is 30.7 Å². The Balaban J connectivity index is 2.57. The normalized spacial score (nSPS) is 32.1. The summed E-state index contributed by atoms with van der Waals surface area (Å²) in [5.41, 5.74) is 0. The highest BCUT2D eigenvalue weighted by atomic mass is 19.4. The maximum absolute atomic E-state index is 12.4. The number of nitrogens with zero attached hydrogens (tertiary/aromatic N) is 1. The van der Waals surface area contributed by atoms with Crippen LogP contribution in [0.3, 0.4) is 0 Å². The molecule has 1 aliphatic rings. The Morgan fingerprint density at radius 3 is 2.38 bits per heavy atom. The SMILES string of the molecule is CCN1CC(C)CC(C(F)(F)F)C1. The van der Waals surface area contributed by atoms with Gasteiger partial charge in [0.1, 0.15) is 0 Å². The molecular weight excluding hydrogens is 179 g/mol. The van der Waals surface area contributed by atoms with Crippen LogP contribution < -0.4 is 0 Å². The van der Waals surface area contributed by atoms with Crippen molar-refractivity contribution in [2.45, 2.75) is 26.4 Å². The van der Waals surface area contributed by atoms with Crippen LogP contribution in [0.5, 0.6) is 0 Å². The van der Waals surface area contributed by atoms with E-state index in [4.69, 9.17) is 0 Å².